The average molecular weight is 368 g/mol. The summed E-state index contributed by atoms with van der Waals surface area (Å²) in [6.07, 6.45) is 6.67. The highest BCUT2D eigenvalue weighted by atomic mass is 35.5. The van der Waals surface area contributed by atoms with Gasteiger partial charge in [0.25, 0.3) is 0 Å². The molecule has 1 amide bonds. The number of halogens is 2. The largest absolute Gasteiger partial charge is 0.490 e. The second-order valence-corrected chi connectivity index (χ2v) is 6.78. The van der Waals surface area contributed by atoms with Gasteiger partial charge in [-0.25, -0.2) is 0 Å². The predicted octanol–water partition coefficient (Wildman–Crippen LogP) is 5.13. The Labute approximate surface area is 153 Å². The molecule has 0 atom stereocenters. The summed E-state index contributed by atoms with van der Waals surface area (Å²) < 4.78 is 5.96. The molecule has 5 heteroatoms. The van der Waals surface area contributed by atoms with Gasteiger partial charge in [-0.3, -0.25) is 4.79 Å². The third kappa shape index (κ3) is 5.02. The van der Waals surface area contributed by atoms with E-state index in [0.29, 0.717) is 41.7 Å². The molecule has 1 heterocycles. The van der Waals surface area contributed by atoms with Gasteiger partial charge in [0.2, 0.25) is 5.91 Å². The Morgan fingerprint density at radius 2 is 1.83 bits per heavy atom. The topological polar surface area (TPSA) is 29.5 Å². The van der Waals surface area contributed by atoms with E-state index >= 15 is 0 Å². The summed E-state index contributed by atoms with van der Waals surface area (Å²) in [7, 11) is 0. The SMILES string of the molecule is C=CCC(CC=C)C(=O)N1CCC(Oc2ccc(Cl)c(Cl)c2)CC1. The molecule has 2 rings (SSSR count). The maximum atomic E-state index is 12.6. The molecule has 1 aliphatic heterocycles. The average Bonchev–Trinajstić information content (AvgIpc) is 2.58. The van der Waals surface area contributed by atoms with Crippen molar-refractivity contribution in [3.8, 4) is 5.75 Å². The number of nitrogens with zero attached hydrogens (tertiary/aromatic N) is 1. The number of hydrogen-bond donors (Lipinski definition) is 0. The van der Waals surface area contributed by atoms with Crippen LogP contribution in [-0.4, -0.2) is 30.0 Å². The number of carbonyl (C=O) groups is 1. The van der Waals surface area contributed by atoms with Gasteiger partial charge < -0.3 is 9.64 Å². The summed E-state index contributed by atoms with van der Waals surface area (Å²) in [4.78, 5) is 14.5. The Morgan fingerprint density at radius 3 is 2.38 bits per heavy atom. The van der Waals surface area contributed by atoms with E-state index in [0.717, 1.165) is 12.8 Å². The third-order valence-electron chi connectivity index (χ3n) is 4.20. The Bertz CT molecular complexity index is 585. The quantitative estimate of drug-likeness (QED) is 0.625. The van der Waals surface area contributed by atoms with E-state index in [-0.39, 0.29) is 17.9 Å². The van der Waals surface area contributed by atoms with Gasteiger partial charge in [-0.05, 0) is 25.0 Å². The fourth-order valence-electron chi connectivity index (χ4n) is 2.90. The number of benzene rings is 1. The van der Waals surface area contributed by atoms with Crippen molar-refractivity contribution in [3.63, 3.8) is 0 Å². The molecule has 0 bridgehead atoms. The number of amides is 1. The molecule has 0 spiro atoms. The summed E-state index contributed by atoms with van der Waals surface area (Å²) in [5.74, 6) is 0.848. The van der Waals surface area contributed by atoms with Crippen molar-refractivity contribution in [3.05, 3.63) is 53.6 Å². The molecule has 0 radical (unpaired) electrons. The molecule has 130 valence electrons. The summed E-state index contributed by atoms with van der Waals surface area (Å²) in [6.45, 7) is 8.88. The number of likely N-dealkylation sites (tertiary alicyclic amines) is 1. The maximum Gasteiger partial charge on any atom is 0.226 e. The first-order valence-corrected chi connectivity index (χ1v) is 8.93. The fraction of sp³-hybridized carbons (Fsp3) is 0.421. The normalized spacial score (nSPS) is 15.4. The van der Waals surface area contributed by atoms with Crippen LogP contribution in [0.3, 0.4) is 0 Å². The minimum Gasteiger partial charge on any atom is -0.490 e. The van der Waals surface area contributed by atoms with Crippen LogP contribution in [0.2, 0.25) is 10.0 Å². The zero-order chi connectivity index (χ0) is 17.5. The van der Waals surface area contributed by atoms with Crippen molar-refractivity contribution >= 4 is 29.1 Å². The van der Waals surface area contributed by atoms with E-state index in [1.807, 2.05) is 11.0 Å². The van der Waals surface area contributed by atoms with Crippen molar-refractivity contribution in [2.45, 2.75) is 31.8 Å². The van der Waals surface area contributed by atoms with Crippen molar-refractivity contribution < 1.29 is 9.53 Å². The predicted molar refractivity (Wildman–Crippen MR) is 99.8 cm³/mol. The highest BCUT2D eigenvalue weighted by Crippen LogP contribution is 2.28. The molecule has 0 unspecified atom stereocenters. The first-order chi connectivity index (χ1) is 11.5. The standard InChI is InChI=1S/C19H23Cl2NO2/c1-3-5-14(6-4-2)19(23)22-11-9-15(10-12-22)24-16-7-8-17(20)18(21)13-16/h3-4,7-8,13-15H,1-2,5-6,9-12H2. The van der Waals surface area contributed by atoms with Gasteiger partial charge in [-0.1, -0.05) is 35.4 Å². The zero-order valence-corrected chi connectivity index (χ0v) is 15.2. The van der Waals surface area contributed by atoms with Gasteiger partial charge in [-0.2, -0.15) is 0 Å². The number of hydrogen-bond acceptors (Lipinski definition) is 2. The third-order valence-corrected chi connectivity index (χ3v) is 4.94. The smallest absolute Gasteiger partial charge is 0.226 e. The van der Waals surface area contributed by atoms with Crippen LogP contribution in [0.4, 0.5) is 0 Å². The number of piperidine rings is 1. The van der Waals surface area contributed by atoms with Crippen LogP contribution in [0.15, 0.2) is 43.5 Å². The van der Waals surface area contributed by atoms with E-state index in [1.54, 1.807) is 24.3 Å². The Hall–Kier alpha value is -1.45. The van der Waals surface area contributed by atoms with Crippen LogP contribution in [-0.2, 0) is 4.79 Å². The summed E-state index contributed by atoms with van der Waals surface area (Å²) in [5.41, 5.74) is 0. The number of rotatable bonds is 7. The molecule has 1 fully saturated rings. The van der Waals surface area contributed by atoms with Crippen molar-refractivity contribution in [2.24, 2.45) is 5.92 Å². The van der Waals surface area contributed by atoms with Gasteiger partial charge in [0.1, 0.15) is 11.9 Å². The minimum absolute atomic E-state index is 0.0486. The first kappa shape index (κ1) is 18.9. The molecule has 1 aliphatic rings. The summed E-state index contributed by atoms with van der Waals surface area (Å²) in [5, 5.41) is 0.999. The first-order valence-electron chi connectivity index (χ1n) is 8.17. The molecule has 0 N–H and O–H groups in total. The molecule has 24 heavy (non-hydrogen) atoms. The van der Waals surface area contributed by atoms with Gasteiger partial charge in [0.15, 0.2) is 0 Å². The molecule has 0 aliphatic carbocycles. The van der Waals surface area contributed by atoms with Crippen LogP contribution in [0, 0.1) is 5.92 Å². The van der Waals surface area contributed by atoms with E-state index < -0.39 is 0 Å². The summed E-state index contributed by atoms with van der Waals surface area (Å²) in [6, 6.07) is 5.27. The van der Waals surface area contributed by atoms with E-state index in [2.05, 4.69) is 13.2 Å². The molecule has 3 nitrogen and oxygen atoms in total. The molecule has 0 saturated carbocycles. The lowest BCUT2D eigenvalue weighted by atomic mass is 9.97. The second-order valence-electron chi connectivity index (χ2n) is 5.96. The van der Waals surface area contributed by atoms with Crippen molar-refractivity contribution in [1.29, 1.82) is 0 Å². The minimum atomic E-state index is -0.0486. The number of allylic oxidation sites excluding steroid dienone is 2. The van der Waals surface area contributed by atoms with Gasteiger partial charge in [0, 0.05) is 37.9 Å². The van der Waals surface area contributed by atoms with E-state index in [4.69, 9.17) is 27.9 Å². The Kier molecular flexibility index (Phi) is 7.19. The Morgan fingerprint density at radius 1 is 1.21 bits per heavy atom. The van der Waals surface area contributed by atoms with Crippen LogP contribution in [0.5, 0.6) is 5.75 Å². The molecule has 0 aromatic heterocycles. The lowest BCUT2D eigenvalue weighted by Gasteiger charge is -2.34. The number of carbonyl (C=O) groups excluding carboxylic acids is 1. The molecule has 1 saturated heterocycles. The number of ether oxygens (including phenoxy) is 1. The van der Waals surface area contributed by atoms with Crippen LogP contribution >= 0.6 is 23.2 Å². The van der Waals surface area contributed by atoms with Crippen molar-refractivity contribution in [2.75, 3.05) is 13.1 Å². The van der Waals surface area contributed by atoms with Crippen LogP contribution in [0.1, 0.15) is 25.7 Å². The van der Waals surface area contributed by atoms with Gasteiger partial charge in [-0.15, -0.1) is 13.2 Å². The van der Waals surface area contributed by atoms with Gasteiger partial charge >= 0.3 is 0 Å². The van der Waals surface area contributed by atoms with Gasteiger partial charge in [0.05, 0.1) is 10.0 Å². The monoisotopic (exact) mass is 367 g/mol. The highest BCUT2D eigenvalue weighted by molar-refractivity contribution is 6.42. The molecule has 1 aromatic rings. The second kappa shape index (κ2) is 9.14. The molecular formula is C19H23Cl2NO2. The van der Waals surface area contributed by atoms with Crippen LogP contribution in [0.25, 0.3) is 0 Å². The lowest BCUT2D eigenvalue weighted by molar-refractivity contribution is -0.137. The highest BCUT2D eigenvalue weighted by Gasteiger charge is 2.27. The summed E-state index contributed by atoms with van der Waals surface area (Å²) >= 11 is 11.9. The Balaban J connectivity index is 1.88. The maximum absolute atomic E-state index is 12.6. The van der Waals surface area contributed by atoms with E-state index in [9.17, 15) is 4.79 Å². The molecular weight excluding hydrogens is 345 g/mol. The van der Waals surface area contributed by atoms with Crippen molar-refractivity contribution in [1.82, 2.24) is 4.90 Å². The van der Waals surface area contributed by atoms with E-state index in [1.165, 1.54) is 0 Å². The lowest BCUT2D eigenvalue weighted by Crippen LogP contribution is -2.44. The zero-order valence-electron chi connectivity index (χ0n) is 13.7. The molecule has 1 aromatic carbocycles. The van der Waals surface area contributed by atoms with Crippen LogP contribution < -0.4 is 4.74 Å². The fourth-order valence-corrected chi connectivity index (χ4v) is 3.18.